The maximum atomic E-state index is 11.7. The lowest BCUT2D eigenvalue weighted by Gasteiger charge is -2.32. The van der Waals surface area contributed by atoms with E-state index in [1.54, 1.807) is 16.8 Å². The van der Waals surface area contributed by atoms with Gasteiger partial charge in [-0.1, -0.05) is 6.92 Å². The minimum Gasteiger partial charge on any atom is -0.342 e. The molecule has 0 aromatic rings. The summed E-state index contributed by atoms with van der Waals surface area (Å²) in [6.45, 7) is 3.39. The van der Waals surface area contributed by atoms with Gasteiger partial charge in [0.05, 0.1) is 6.54 Å². The molecule has 5 nitrogen and oxygen atoms in total. The van der Waals surface area contributed by atoms with Gasteiger partial charge < -0.3 is 15.5 Å². The lowest BCUT2D eigenvalue weighted by atomic mass is 10.1. The summed E-state index contributed by atoms with van der Waals surface area (Å²) < 4.78 is 0. The minimum atomic E-state index is -0.0905. The Hall–Kier alpha value is -1.10. The van der Waals surface area contributed by atoms with E-state index in [-0.39, 0.29) is 24.4 Å². The van der Waals surface area contributed by atoms with Gasteiger partial charge >= 0.3 is 0 Å². The molecule has 0 bridgehead atoms. The highest BCUT2D eigenvalue weighted by molar-refractivity contribution is 5.86. The Morgan fingerprint density at radius 3 is 2.73 bits per heavy atom. The molecule has 2 N–H and O–H groups in total. The summed E-state index contributed by atoms with van der Waals surface area (Å²) in [5, 5.41) is 0. The van der Waals surface area contributed by atoms with E-state index < -0.39 is 0 Å². The van der Waals surface area contributed by atoms with E-state index in [4.69, 9.17) is 5.73 Å². The summed E-state index contributed by atoms with van der Waals surface area (Å²) >= 11 is 0. The van der Waals surface area contributed by atoms with Crippen molar-refractivity contribution in [3.05, 3.63) is 0 Å². The molecule has 1 heterocycles. The Labute approximate surface area is 90.2 Å². The number of piperazine rings is 1. The van der Waals surface area contributed by atoms with Crippen molar-refractivity contribution in [2.24, 2.45) is 5.73 Å². The molecule has 0 radical (unpaired) electrons. The standard InChI is InChI=1S/C10H19N3O2/c1-3-8(11)6-9(14)13-5-4-12(2)10(15)7-13/h8H,3-7,11H2,1-2H3. The number of nitrogens with two attached hydrogens (primary N) is 1. The molecule has 1 fully saturated rings. The van der Waals surface area contributed by atoms with E-state index in [1.807, 2.05) is 6.92 Å². The lowest BCUT2D eigenvalue weighted by Crippen LogP contribution is -2.51. The second-order valence-corrected chi connectivity index (χ2v) is 4.00. The highest BCUT2D eigenvalue weighted by Crippen LogP contribution is 2.05. The zero-order chi connectivity index (χ0) is 11.4. The van der Waals surface area contributed by atoms with Crippen LogP contribution in [0.1, 0.15) is 19.8 Å². The van der Waals surface area contributed by atoms with E-state index >= 15 is 0 Å². The minimum absolute atomic E-state index is 0.000306. The first-order valence-electron chi connectivity index (χ1n) is 5.32. The quantitative estimate of drug-likeness (QED) is 0.681. The van der Waals surface area contributed by atoms with Crippen LogP contribution in [0.15, 0.2) is 0 Å². The molecular weight excluding hydrogens is 194 g/mol. The summed E-state index contributed by atoms with van der Waals surface area (Å²) in [5.41, 5.74) is 5.70. The Bertz CT molecular complexity index is 255. The number of nitrogens with zero attached hydrogens (tertiary/aromatic N) is 2. The van der Waals surface area contributed by atoms with Gasteiger partial charge in [0.15, 0.2) is 0 Å². The number of amides is 2. The Balaban J connectivity index is 2.44. The lowest BCUT2D eigenvalue weighted by molar-refractivity contribution is -0.144. The molecule has 5 heteroatoms. The largest absolute Gasteiger partial charge is 0.342 e. The molecule has 0 aromatic heterocycles. The van der Waals surface area contributed by atoms with E-state index in [2.05, 4.69) is 0 Å². The first-order valence-corrected chi connectivity index (χ1v) is 5.32. The zero-order valence-corrected chi connectivity index (χ0v) is 9.40. The summed E-state index contributed by atoms with van der Waals surface area (Å²) in [5.74, 6) is -0.00882. The number of rotatable bonds is 3. The van der Waals surface area contributed by atoms with Crippen LogP contribution < -0.4 is 5.73 Å². The van der Waals surface area contributed by atoms with Crippen LogP contribution in [0.25, 0.3) is 0 Å². The highest BCUT2D eigenvalue weighted by atomic mass is 16.2. The first-order chi connectivity index (χ1) is 7.04. The number of carbonyl (C=O) groups is 2. The normalized spacial score (nSPS) is 19.3. The Morgan fingerprint density at radius 2 is 2.20 bits per heavy atom. The topological polar surface area (TPSA) is 66.6 Å². The van der Waals surface area contributed by atoms with E-state index in [0.29, 0.717) is 19.5 Å². The summed E-state index contributed by atoms with van der Waals surface area (Å²) in [4.78, 5) is 26.3. The zero-order valence-electron chi connectivity index (χ0n) is 9.40. The molecule has 1 unspecified atom stereocenters. The van der Waals surface area contributed by atoms with E-state index in [0.717, 1.165) is 6.42 Å². The second kappa shape index (κ2) is 5.11. The van der Waals surface area contributed by atoms with Crippen LogP contribution in [0, 0.1) is 0 Å². The van der Waals surface area contributed by atoms with Crippen LogP contribution in [0.4, 0.5) is 0 Å². The number of likely N-dealkylation sites (N-methyl/N-ethyl adjacent to an activating group) is 1. The van der Waals surface area contributed by atoms with Crippen molar-refractivity contribution in [2.75, 3.05) is 26.7 Å². The number of hydrogen-bond donors (Lipinski definition) is 1. The van der Waals surface area contributed by atoms with Gasteiger partial charge in [-0.3, -0.25) is 9.59 Å². The summed E-state index contributed by atoms with van der Waals surface area (Å²) in [6.07, 6.45) is 1.13. The van der Waals surface area contributed by atoms with Gasteiger partial charge in [0.25, 0.3) is 0 Å². The molecule has 1 aliphatic heterocycles. The van der Waals surface area contributed by atoms with Crippen molar-refractivity contribution in [1.29, 1.82) is 0 Å². The predicted octanol–water partition coefficient (Wildman–Crippen LogP) is -0.586. The maximum absolute atomic E-state index is 11.7. The molecule has 0 spiro atoms. The molecule has 15 heavy (non-hydrogen) atoms. The molecule has 1 aliphatic rings. The summed E-state index contributed by atoms with van der Waals surface area (Å²) in [6, 6.07) is -0.0905. The van der Waals surface area contributed by atoms with Crippen molar-refractivity contribution in [1.82, 2.24) is 9.80 Å². The van der Waals surface area contributed by atoms with Gasteiger partial charge in [-0.15, -0.1) is 0 Å². The average molecular weight is 213 g/mol. The molecule has 2 amide bonds. The van der Waals surface area contributed by atoms with Gasteiger partial charge in [0.2, 0.25) is 11.8 Å². The van der Waals surface area contributed by atoms with Crippen molar-refractivity contribution in [2.45, 2.75) is 25.8 Å². The van der Waals surface area contributed by atoms with Crippen LogP contribution in [0.2, 0.25) is 0 Å². The van der Waals surface area contributed by atoms with Crippen molar-refractivity contribution in [3.63, 3.8) is 0 Å². The van der Waals surface area contributed by atoms with Crippen molar-refractivity contribution >= 4 is 11.8 Å². The van der Waals surface area contributed by atoms with Gasteiger partial charge in [-0.2, -0.15) is 0 Å². The van der Waals surface area contributed by atoms with Gasteiger partial charge in [-0.05, 0) is 6.42 Å². The molecular formula is C10H19N3O2. The number of carbonyl (C=O) groups excluding carboxylic acids is 2. The van der Waals surface area contributed by atoms with E-state index in [1.165, 1.54) is 0 Å². The SMILES string of the molecule is CCC(N)CC(=O)N1CCN(C)C(=O)C1. The fraction of sp³-hybridized carbons (Fsp3) is 0.800. The van der Waals surface area contributed by atoms with Gasteiger partial charge in [0.1, 0.15) is 0 Å². The average Bonchev–Trinajstić information content (AvgIpc) is 2.21. The highest BCUT2D eigenvalue weighted by Gasteiger charge is 2.25. The molecule has 1 saturated heterocycles. The maximum Gasteiger partial charge on any atom is 0.241 e. The fourth-order valence-corrected chi connectivity index (χ4v) is 1.47. The van der Waals surface area contributed by atoms with Crippen LogP contribution in [-0.4, -0.2) is 54.3 Å². The van der Waals surface area contributed by atoms with E-state index in [9.17, 15) is 9.59 Å². The van der Waals surface area contributed by atoms with Gasteiger partial charge in [0, 0.05) is 32.6 Å². The smallest absolute Gasteiger partial charge is 0.241 e. The fourth-order valence-electron chi connectivity index (χ4n) is 1.47. The second-order valence-electron chi connectivity index (χ2n) is 4.00. The Kier molecular flexibility index (Phi) is 4.08. The molecule has 0 aliphatic carbocycles. The van der Waals surface area contributed by atoms with Crippen LogP contribution in [-0.2, 0) is 9.59 Å². The third kappa shape index (κ3) is 3.20. The van der Waals surface area contributed by atoms with Crippen LogP contribution in [0.5, 0.6) is 0 Å². The van der Waals surface area contributed by atoms with Crippen LogP contribution in [0.3, 0.4) is 0 Å². The third-order valence-corrected chi connectivity index (χ3v) is 2.77. The molecule has 86 valence electrons. The Morgan fingerprint density at radius 1 is 1.53 bits per heavy atom. The van der Waals surface area contributed by atoms with Crippen LogP contribution >= 0.6 is 0 Å². The first kappa shape index (κ1) is 12.0. The third-order valence-electron chi connectivity index (χ3n) is 2.77. The molecule has 1 atom stereocenters. The molecule has 0 aromatic carbocycles. The number of hydrogen-bond acceptors (Lipinski definition) is 3. The monoisotopic (exact) mass is 213 g/mol. The van der Waals surface area contributed by atoms with Crippen molar-refractivity contribution in [3.8, 4) is 0 Å². The molecule has 1 rings (SSSR count). The molecule has 0 saturated carbocycles. The van der Waals surface area contributed by atoms with Gasteiger partial charge in [-0.25, -0.2) is 0 Å². The predicted molar refractivity (Wildman–Crippen MR) is 57.1 cm³/mol. The summed E-state index contributed by atoms with van der Waals surface area (Å²) in [7, 11) is 1.75. The van der Waals surface area contributed by atoms with Crippen molar-refractivity contribution < 1.29 is 9.59 Å².